The van der Waals surface area contributed by atoms with Crippen molar-refractivity contribution >= 4 is 11.9 Å². The van der Waals surface area contributed by atoms with E-state index in [0.717, 1.165) is 25.7 Å². The number of nitrogens with zero attached hydrogens (tertiary/aromatic N) is 1. The van der Waals surface area contributed by atoms with Crippen LogP contribution in [0.3, 0.4) is 0 Å². The lowest BCUT2D eigenvalue weighted by atomic mass is 9.67. The predicted molar refractivity (Wildman–Crippen MR) is 84.1 cm³/mol. The van der Waals surface area contributed by atoms with Gasteiger partial charge in [0.25, 0.3) is 0 Å². The molecule has 0 N–H and O–H groups in total. The SMILES string of the molecule is C=C1C(=O)O[C@H](C2CCCCC2)[C@]1(CCCC#N)C(=O)OCC. The number of hydrogen-bond acceptors (Lipinski definition) is 5. The highest BCUT2D eigenvalue weighted by Gasteiger charge is 2.60. The summed E-state index contributed by atoms with van der Waals surface area (Å²) in [5.41, 5.74) is -0.921. The number of hydrogen-bond donors (Lipinski definition) is 0. The molecule has 5 nitrogen and oxygen atoms in total. The quantitative estimate of drug-likeness (QED) is 0.426. The number of cyclic esters (lactones) is 1. The van der Waals surface area contributed by atoms with Crippen molar-refractivity contribution in [1.29, 1.82) is 5.26 Å². The van der Waals surface area contributed by atoms with E-state index in [0.29, 0.717) is 19.3 Å². The Morgan fingerprint density at radius 1 is 1.43 bits per heavy atom. The molecule has 1 saturated carbocycles. The van der Waals surface area contributed by atoms with Crippen LogP contribution in [-0.2, 0) is 19.1 Å². The molecule has 126 valence electrons. The number of ether oxygens (including phenoxy) is 2. The lowest BCUT2D eigenvalue weighted by Gasteiger charge is -2.37. The predicted octanol–water partition coefficient (Wildman–Crippen LogP) is 3.29. The molecule has 1 saturated heterocycles. The molecule has 0 bridgehead atoms. The molecule has 1 aliphatic carbocycles. The summed E-state index contributed by atoms with van der Waals surface area (Å²) >= 11 is 0. The molecule has 23 heavy (non-hydrogen) atoms. The molecule has 2 fully saturated rings. The zero-order valence-electron chi connectivity index (χ0n) is 13.8. The third kappa shape index (κ3) is 3.26. The molecule has 2 atom stereocenters. The normalized spacial score (nSPS) is 28.3. The summed E-state index contributed by atoms with van der Waals surface area (Å²) in [4.78, 5) is 25.0. The fourth-order valence-corrected chi connectivity index (χ4v) is 3.92. The van der Waals surface area contributed by atoms with Crippen molar-refractivity contribution in [1.82, 2.24) is 0 Å². The van der Waals surface area contributed by atoms with Crippen molar-refractivity contribution in [3.63, 3.8) is 0 Å². The average molecular weight is 319 g/mol. The number of rotatable bonds is 6. The maximum Gasteiger partial charge on any atom is 0.335 e. The van der Waals surface area contributed by atoms with Gasteiger partial charge in [0.2, 0.25) is 0 Å². The third-order valence-electron chi connectivity index (χ3n) is 5.08. The molecule has 0 amide bonds. The van der Waals surface area contributed by atoms with Gasteiger partial charge in [0, 0.05) is 6.42 Å². The Labute approximate surface area is 137 Å². The van der Waals surface area contributed by atoms with Crippen LogP contribution in [0.5, 0.6) is 0 Å². The number of unbranched alkanes of at least 4 members (excludes halogenated alkanes) is 1. The maximum atomic E-state index is 12.8. The topological polar surface area (TPSA) is 76.4 Å². The van der Waals surface area contributed by atoms with E-state index >= 15 is 0 Å². The van der Waals surface area contributed by atoms with Gasteiger partial charge in [-0.2, -0.15) is 5.26 Å². The Balaban J connectivity index is 2.34. The second-order valence-corrected chi connectivity index (χ2v) is 6.41. The molecule has 0 unspecified atom stereocenters. The highest BCUT2D eigenvalue weighted by molar-refractivity contribution is 6.01. The van der Waals surface area contributed by atoms with Crippen molar-refractivity contribution < 1.29 is 19.1 Å². The monoisotopic (exact) mass is 319 g/mol. The van der Waals surface area contributed by atoms with Gasteiger partial charge in [-0.3, -0.25) is 4.79 Å². The van der Waals surface area contributed by atoms with Gasteiger partial charge in [-0.25, -0.2) is 4.79 Å². The van der Waals surface area contributed by atoms with Crippen LogP contribution in [0.15, 0.2) is 12.2 Å². The van der Waals surface area contributed by atoms with E-state index in [9.17, 15) is 9.59 Å². The van der Waals surface area contributed by atoms with Gasteiger partial charge < -0.3 is 9.47 Å². The molecule has 0 aromatic heterocycles. The summed E-state index contributed by atoms with van der Waals surface area (Å²) in [6.45, 7) is 5.85. The van der Waals surface area contributed by atoms with Gasteiger partial charge in [-0.1, -0.05) is 25.8 Å². The third-order valence-corrected chi connectivity index (χ3v) is 5.08. The Bertz CT molecular complexity index is 516. The standard InChI is InChI=1S/C18H25NO4/c1-3-22-17(21)18(11-7-8-12-19)13(2)16(20)23-15(18)14-9-5-4-6-10-14/h14-15H,2-11H2,1H3/t15-,18-/m1/s1. The number of nitriles is 1. The van der Waals surface area contributed by atoms with Crippen molar-refractivity contribution in [2.24, 2.45) is 11.3 Å². The van der Waals surface area contributed by atoms with Crippen LogP contribution in [0.2, 0.25) is 0 Å². The molecule has 2 aliphatic rings. The van der Waals surface area contributed by atoms with E-state index in [4.69, 9.17) is 14.7 Å². The molecule has 5 heteroatoms. The summed E-state index contributed by atoms with van der Waals surface area (Å²) in [5, 5.41) is 8.81. The average Bonchev–Trinajstić information content (AvgIpc) is 2.82. The van der Waals surface area contributed by atoms with E-state index in [-0.39, 0.29) is 18.1 Å². The first-order chi connectivity index (χ1) is 11.1. The summed E-state index contributed by atoms with van der Waals surface area (Å²) in [7, 11) is 0. The van der Waals surface area contributed by atoms with Crippen LogP contribution < -0.4 is 0 Å². The number of esters is 2. The van der Waals surface area contributed by atoms with Crippen LogP contribution in [0.1, 0.15) is 58.3 Å². The minimum atomic E-state index is -1.12. The molecular formula is C18H25NO4. The lowest BCUT2D eigenvalue weighted by Crippen LogP contribution is -2.45. The van der Waals surface area contributed by atoms with Gasteiger partial charge in [-0.05, 0) is 38.5 Å². The van der Waals surface area contributed by atoms with Crippen LogP contribution >= 0.6 is 0 Å². The molecular weight excluding hydrogens is 294 g/mol. The second-order valence-electron chi connectivity index (χ2n) is 6.41. The van der Waals surface area contributed by atoms with E-state index in [1.165, 1.54) is 6.42 Å². The largest absolute Gasteiger partial charge is 0.465 e. The summed E-state index contributed by atoms with van der Waals surface area (Å²) in [5.74, 6) is -0.756. The minimum absolute atomic E-state index is 0.165. The van der Waals surface area contributed by atoms with Gasteiger partial charge in [0.1, 0.15) is 11.5 Å². The van der Waals surface area contributed by atoms with Gasteiger partial charge in [0.05, 0.1) is 18.2 Å². The van der Waals surface area contributed by atoms with Crippen LogP contribution in [-0.4, -0.2) is 24.6 Å². The summed E-state index contributed by atoms with van der Waals surface area (Å²) in [6, 6.07) is 2.09. The van der Waals surface area contributed by atoms with Crippen molar-refractivity contribution in [2.75, 3.05) is 6.61 Å². The Hall–Kier alpha value is -1.83. The molecule has 0 aromatic rings. The van der Waals surface area contributed by atoms with Crippen molar-refractivity contribution in [3.8, 4) is 6.07 Å². The zero-order chi connectivity index (χ0) is 16.9. The van der Waals surface area contributed by atoms with Crippen LogP contribution in [0.25, 0.3) is 0 Å². The van der Waals surface area contributed by atoms with Gasteiger partial charge >= 0.3 is 11.9 Å². The van der Waals surface area contributed by atoms with Gasteiger partial charge in [0.15, 0.2) is 0 Å². The minimum Gasteiger partial charge on any atom is -0.465 e. The second kappa shape index (κ2) is 7.63. The smallest absolute Gasteiger partial charge is 0.335 e. The molecule has 0 spiro atoms. The fraction of sp³-hybridized carbons (Fsp3) is 0.722. The maximum absolute atomic E-state index is 12.8. The highest BCUT2D eigenvalue weighted by Crippen LogP contribution is 2.50. The molecule has 0 aromatic carbocycles. The molecule has 2 rings (SSSR count). The van der Waals surface area contributed by atoms with Crippen LogP contribution in [0, 0.1) is 22.7 Å². The van der Waals surface area contributed by atoms with Crippen molar-refractivity contribution in [2.45, 2.75) is 64.4 Å². The summed E-state index contributed by atoms with van der Waals surface area (Å²) < 4.78 is 10.9. The first-order valence-corrected chi connectivity index (χ1v) is 8.52. The first-order valence-electron chi connectivity index (χ1n) is 8.52. The van der Waals surface area contributed by atoms with Gasteiger partial charge in [-0.15, -0.1) is 0 Å². The number of carbonyl (C=O) groups excluding carboxylic acids is 2. The molecule has 1 aliphatic heterocycles. The van der Waals surface area contributed by atoms with E-state index in [1.54, 1.807) is 6.92 Å². The summed E-state index contributed by atoms with van der Waals surface area (Å²) in [6.07, 6.45) is 5.98. The van der Waals surface area contributed by atoms with E-state index in [2.05, 4.69) is 12.6 Å². The lowest BCUT2D eigenvalue weighted by molar-refractivity contribution is -0.161. The Morgan fingerprint density at radius 2 is 2.13 bits per heavy atom. The Kier molecular flexibility index (Phi) is 5.81. The number of carbonyl (C=O) groups is 2. The van der Waals surface area contributed by atoms with E-state index in [1.807, 2.05) is 0 Å². The fourth-order valence-electron chi connectivity index (χ4n) is 3.92. The first kappa shape index (κ1) is 17.5. The Morgan fingerprint density at radius 3 is 2.74 bits per heavy atom. The highest BCUT2D eigenvalue weighted by atomic mass is 16.6. The van der Waals surface area contributed by atoms with Crippen LogP contribution in [0.4, 0.5) is 0 Å². The zero-order valence-corrected chi connectivity index (χ0v) is 13.8. The molecule has 1 heterocycles. The van der Waals surface area contributed by atoms with Crippen molar-refractivity contribution in [3.05, 3.63) is 12.2 Å². The van der Waals surface area contributed by atoms with E-state index < -0.39 is 23.5 Å². The molecule has 0 radical (unpaired) electrons.